The number of piperazine rings is 1. The molecule has 134 valence electrons. The Labute approximate surface area is 151 Å². The predicted molar refractivity (Wildman–Crippen MR) is 95.5 cm³/mol. The summed E-state index contributed by atoms with van der Waals surface area (Å²) >= 11 is 0. The van der Waals surface area contributed by atoms with Crippen molar-refractivity contribution in [3.63, 3.8) is 0 Å². The molecule has 4 heterocycles. The quantitative estimate of drug-likeness (QED) is 0.715. The van der Waals surface area contributed by atoms with Gasteiger partial charge >= 0.3 is 0 Å². The van der Waals surface area contributed by atoms with Gasteiger partial charge in [0.25, 0.3) is 5.91 Å². The van der Waals surface area contributed by atoms with Crippen LogP contribution in [0.2, 0.25) is 0 Å². The van der Waals surface area contributed by atoms with E-state index >= 15 is 0 Å². The minimum atomic E-state index is 0.00409. The molecule has 4 rings (SSSR count). The molecule has 8 heteroatoms. The summed E-state index contributed by atoms with van der Waals surface area (Å²) in [4.78, 5) is 25.1. The lowest BCUT2D eigenvalue weighted by Crippen LogP contribution is -2.49. The lowest BCUT2D eigenvalue weighted by atomic mass is 10.2. The molecule has 0 spiro atoms. The van der Waals surface area contributed by atoms with Gasteiger partial charge in [-0.1, -0.05) is 0 Å². The van der Waals surface area contributed by atoms with Gasteiger partial charge in [-0.25, -0.2) is 14.6 Å². The Hall–Kier alpha value is -3.16. The van der Waals surface area contributed by atoms with E-state index in [-0.39, 0.29) is 5.91 Å². The maximum absolute atomic E-state index is 12.4. The molecule has 1 saturated heterocycles. The highest BCUT2D eigenvalue weighted by Crippen LogP contribution is 2.18. The molecular weight excluding hydrogens is 332 g/mol. The first-order chi connectivity index (χ1) is 12.6. The molecule has 0 unspecified atom stereocenters. The zero-order valence-electron chi connectivity index (χ0n) is 14.8. The molecule has 0 N–H and O–H groups in total. The van der Waals surface area contributed by atoms with Crippen LogP contribution in [0, 0.1) is 13.8 Å². The lowest BCUT2D eigenvalue weighted by Gasteiger charge is -2.35. The predicted octanol–water partition coefficient (Wildman–Crippen LogP) is 1.83. The number of furan rings is 1. The average molecular weight is 352 g/mol. The van der Waals surface area contributed by atoms with Gasteiger partial charge < -0.3 is 14.2 Å². The molecule has 0 aliphatic carbocycles. The minimum absolute atomic E-state index is 0.00409. The average Bonchev–Trinajstić information content (AvgIpc) is 3.31. The van der Waals surface area contributed by atoms with Crippen LogP contribution >= 0.6 is 0 Å². The summed E-state index contributed by atoms with van der Waals surface area (Å²) in [5.41, 5.74) is 2.57. The van der Waals surface area contributed by atoms with Crippen molar-refractivity contribution in [3.8, 4) is 5.82 Å². The molecule has 1 amide bonds. The van der Waals surface area contributed by atoms with Crippen LogP contribution in [0.5, 0.6) is 0 Å². The molecule has 1 aliphatic heterocycles. The Balaban J connectivity index is 1.47. The second kappa shape index (κ2) is 6.62. The van der Waals surface area contributed by atoms with Crippen molar-refractivity contribution in [2.75, 3.05) is 31.1 Å². The highest BCUT2D eigenvalue weighted by Gasteiger charge is 2.23. The van der Waals surface area contributed by atoms with Crippen molar-refractivity contribution in [3.05, 3.63) is 54.0 Å². The molecule has 0 atom stereocenters. The first-order valence-corrected chi connectivity index (χ1v) is 8.54. The summed E-state index contributed by atoms with van der Waals surface area (Å²) in [5.74, 6) is 1.60. The van der Waals surface area contributed by atoms with Crippen LogP contribution in [0.15, 0.2) is 41.5 Å². The Morgan fingerprint density at radius 2 is 1.85 bits per heavy atom. The van der Waals surface area contributed by atoms with E-state index in [1.165, 1.54) is 12.5 Å². The molecule has 0 aromatic carbocycles. The Morgan fingerprint density at radius 3 is 2.50 bits per heavy atom. The van der Waals surface area contributed by atoms with E-state index in [1.54, 1.807) is 12.4 Å². The van der Waals surface area contributed by atoms with Gasteiger partial charge in [0.1, 0.15) is 18.4 Å². The third-order valence-electron chi connectivity index (χ3n) is 4.52. The summed E-state index contributed by atoms with van der Waals surface area (Å²) < 4.78 is 6.82. The van der Waals surface area contributed by atoms with Crippen LogP contribution in [0.4, 0.5) is 5.82 Å². The van der Waals surface area contributed by atoms with E-state index in [2.05, 4.69) is 20.0 Å². The van der Waals surface area contributed by atoms with Crippen LogP contribution in [-0.2, 0) is 0 Å². The fourth-order valence-electron chi connectivity index (χ4n) is 3.19. The zero-order valence-corrected chi connectivity index (χ0v) is 14.8. The van der Waals surface area contributed by atoms with Crippen molar-refractivity contribution in [1.82, 2.24) is 24.6 Å². The number of anilines is 1. The summed E-state index contributed by atoms with van der Waals surface area (Å²) in [6, 6.07) is 5.65. The maximum atomic E-state index is 12.4. The van der Waals surface area contributed by atoms with E-state index in [9.17, 15) is 4.79 Å². The molecule has 1 fully saturated rings. The number of hydrogen-bond donors (Lipinski definition) is 0. The fourth-order valence-corrected chi connectivity index (χ4v) is 3.19. The first kappa shape index (κ1) is 16.3. The van der Waals surface area contributed by atoms with Crippen molar-refractivity contribution in [2.45, 2.75) is 13.8 Å². The lowest BCUT2D eigenvalue weighted by molar-refractivity contribution is 0.0746. The van der Waals surface area contributed by atoms with Crippen LogP contribution in [-0.4, -0.2) is 56.7 Å². The smallest absolute Gasteiger partial charge is 0.257 e. The Bertz CT molecular complexity index is 910. The minimum Gasteiger partial charge on any atom is -0.472 e. The Kier molecular flexibility index (Phi) is 4.16. The number of carbonyl (C=O) groups excluding carboxylic acids is 1. The van der Waals surface area contributed by atoms with Gasteiger partial charge in [0.2, 0.25) is 0 Å². The van der Waals surface area contributed by atoms with Gasteiger partial charge in [-0.15, -0.1) is 0 Å². The number of hydrogen-bond acceptors (Lipinski definition) is 6. The monoisotopic (exact) mass is 352 g/mol. The second-order valence-electron chi connectivity index (χ2n) is 6.36. The number of amides is 1. The van der Waals surface area contributed by atoms with Crippen molar-refractivity contribution >= 4 is 11.7 Å². The van der Waals surface area contributed by atoms with Gasteiger partial charge in [-0.2, -0.15) is 5.10 Å². The largest absolute Gasteiger partial charge is 0.472 e. The molecule has 0 bridgehead atoms. The van der Waals surface area contributed by atoms with Crippen molar-refractivity contribution < 1.29 is 9.21 Å². The van der Waals surface area contributed by atoms with E-state index in [0.29, 0.717) is 18.7 Å². The molecule has 26 heavy (non-hydrogen) atoms. The molecule has 0 radical (unpaired) electrons. The summed E-state index contributed by atoms with van der Waals surface area (Å²) in [6.07, 6.45) is 4.56. The van der Waals surface area contributed by atoms with Gasteiger partial charge in [0.05, 0.1) is 17.5 Å². The third kappa shape index (κ3) is 3.05. The van der Waals surface area contributed by atoms with Gasteiger partial charge in [0.15, 0.2) is 5.82 Å². The summed E-state index contributed by atoms with van der Waals surface area (Å²) in [7, 11) is 0. The zero-order chi connectivity index (χ0) is 18.1. The van der Waals surface area contributed by atoms with Gasteiger partial charge in [0, 0.05) is 37.9 Å². The molecule has 0 saturated carbocycles. The molecule has 3 aromatic rings. The van der Waals surface area contributed by atoms with Gasteiger partial charge in [-0.3, -0.25) is 4.79 Å². The van der Waals surface area contributed by atoms with Crippen LogP contribution < -0.4 is 4.90 Å². The number of aryl methyl sites for hydroxylation is 2. The van der Waals surface area contributed by atoms with E-state index in [1.807, 2.05) is 35.6 Å². The highest BCUT2D eigenvalue weighted by molar-refractivity contribution is 5.94. The third-order valence-corrected chi connectivity index (χ3v) is 4.52. The molecule has 3 aromatic heterocycles. The first-order valence-electron chi connectivity index (χ1n) is 8.54. The SMILES string of the molecule is Cc1cc(C)n(-c2cc(N3CCN(C(=O)c4ccoc4)CC3)ncn2)n1. The normalized spacial score (nSPS) is 14.7. The number of rotatable bonds is 3. The van der Waals surface area contributed by atoms with Crippen molar-refractivity contribution in [2.24, 2.45) is 0 Å². The van der Waals surface area contributed by atoms with E-state index in [0.717, 1.165) is 36.1 Å². The van der Waals surface area contributed by atoms with Gasteiger partial charge in [-0.05, 0) is 26.0 Å². The Morgan fingerprint density at radius 1 is 1.08 bits per heavy atom. The van der Waals surface area contributed by atoms with E-state index < -0.39 is 0 Å². The fraction of sp³-hybridized carbons (Fsp3) is 0.333. The highest BCUT2D eigenvalue weighted by atomic mass is 16.3. The van der Waals surface area contributed by atoms with Crippen LogP contribution in [0.3, 0.4) is 0 Å². The van der Waals surface area contributed by atoms with Crippen LogP contribution in [0.25, 0.3) is 5.82 Å². The van der Waals surface area contributed by atoms with Crippen LogP contribution in [0.1, 0.15) is 21.7 Å². The number of aromatic nitrogens is 4. The number of carbonyl (C=O) groups is 1. The topological polar surface area (TPSA) is 80.3 Å². The second-order valence-corrected chi connectivity index (χ2v) is 6.36. The molecule has 8 nitrogen and oxygen atoms in total. The number of nitrogens with zero attached hydrogens (tertiary/aromatic N) is 6. The standard InChI is InChI=1S/C18H20N6O2/c1-13-9-14(2)24(21-13)17-10-16(19-12-20-17)22-4-6-23(7-5-22)18(25)15-3-8-26-11-15/h3,8-12H,4-7H2,1-2H3. The molecule has 1 aliphatic rings. The summed E-state index contributed by atoms with van der Waals surface area (Å²) in [5, 5.41) is 4.48. The van der Waals surface area contributed by atoms with Crippen molar-refractivity contribution in [1.29, 1.82) is 0 Å². The van der Waals surface area contributed by atoms with E-state index in [4.69, 9.17) is 4.42 Å². The maximum Gasteiger partial charge on any atom is 0.257 e. The summed E-state index contributed by atoms with van der Waals surface area (Å²) in [6.45, 7) is 6.69. The molecular formula is C18H20N6O2.